The quantitative estimate of drug-likeness (QED) is 0.512. The van der Waals surface area contributed by atoms with Gasteiger partial charge in [0.25, 0.3) is 0 Å². The first-order valence-corrected chi connectivity index (χ1v) is 5.58. The molecule has 1 fully saturated rings. The second-order valence-electron chi connectivity index (χ2n) is 3.82. The van der Waals surface area contributed by atoms with E-state index in [2.05, 4.69) is 13.0 Å². The number of allylic oxidation sites excluding steroid dienone is 2. The molecule has 1 rings (SSSR count). The Balaban J connectivity index is 2.44. The maximum Gasteiger partial charge on any atom is 0.306 e. The Hall–Kier alpha value is -0.790. The molecule has 80 valence electrons. The van der Waals surface area contributed by atoms with Crippen LogP contribution in [0.2, 0.25) is 0 Å². The SMILES string of the molecule is C/C=C1/CCCC[C@@H]1CC(=O)OCC. The van der Waals surface area contributed by atoms with Crippen molar-refractivity contribution < 1.29 is 9.53 Å². The van der Waals surface area contributed by atoms with E-state index in [1.165, 1.54) is 24.8 Å². The van der Waals surface area contributed by atoms with Gasteiger partial charge >= 0.3 is 5.97 Å². The lowest BCUT2D eigenvalue weighted by molar-refractivity contribution is -0.144. The highest BCUT2D eigenvalue weighted by atomic mass is 16.5. The Morgan fingerprint density at radius 3 is 3.00 bits per heavy atom. The van der Waals surface area contributed by atoms with E-state index in [1.54, 1.807) is 0 Å². The van der Waals surface area contributed by atoms with E-state index < -0.39 is 0 Å². The van der Waals surface area contributed by atoms with Gasteiger partial charge in [-0.3, -0.25) is 4.79 Å². The van der Waals surface area contributed by atoms with Gasteiger partial charge in [0.1, 0.15) is 0 Å². The monoisotopic (exact) mass is 196 g/mol. The first-order valence-electron chi connectivity index (χ1n) is 5.58. The summed E-state index contributed by atoms with van der Waals surface area (Å²) in [6.45, 7) is 4.42. The molecule has 0 amide bonds. The van der Waals surface area contributed by atoms with Crippen LogP contribution in [0.5, 0.6) is 0 Å². The number of hydrogen-bond acceptors (Lipinski definition) is 2. The van der Waals surface area contributed by atoms with Gasteiger partial charge in [0, 0.05) is 0 Å². The molecule has 1 atom stereocenters. The standard InChI is InChI=1S/C12H20O2/c1-3-10-7-5-6-8-11(10)9-12(13)14-4-2/h3,11H,4-9H2,1-2H3/b10-3-/t11-/m1/s1. The summed E-state index contributed by atoms with van der Waals surface area (Å²) in [5, 5.41) is 0. The molecule has 1 aliphatic carbocycles. The molecule has 0 heterocycles. The zero-order valence-electron chi connectivity index (χ0n) is 9.21. The van der Waals surface area contributed by atoms with E-state index in [-0.39, 0.29) is 5.97 Å². The Morgan fingerprint density at radius 1 is 1.57 bits per heavy atom. The number of carbonyl (C=O) groups is 1. The van der Waals surface area contributed by atoms with E-state index in [9.17, 15) is 4.79 Å². The molecule has 0 aromatic rings. The minimum absolute atomic E-state index is 0.0428. The van der Waals surface area contributed by atoms with Crippen LogP contribution in [0.4, 0.5) is 0 Å². The molecule has 1 aliphatic rings. The molecule has 0 spiro atoms. The second-order valence-corrected chi connectivity index (χ2v) is 3.82. The molecule has 0 bridgehead atoms. The molecule has 0 aliphatic heterocycles. The van der Waals surface area contributed by atoms with Crippen molar-refractivity contribution in [3.8, 4) is 0 Å². The highest BCUT2D eigenvalue weighted by molar-refractivity contribution is 5.70. The summed E-state index contributed by atoms with van der Waals surface area (Å²) < 4.78 is 4.97. The molecule has 0 unspecified atom stereocenters. The van der Waals surface area contributed by atoms with Gasteiger partial charge in [-0.25, -0.2) is 0 Å². The van der Waals surface area contributed by atoms with E-state index in [4.69, 9.17) is 4.74 Å². The second kappa shape index (κ2) is 5.84. The Labute approximate surface area is 86.3 Å². The normalized spacial score (nSPS) is 25.0. The van der Waals surface area contributed by atoms with Gasteiger partial charge < -0.3 is 4.74 Å². The number of hydrogen-bond donors (Lipinski definition) is 0. The van der Waals surface area contributed by atoms with Crippen molar-refractivity contribution in [2.75, 3.05) is 6.61 Å². The molecular weight excluding hydrogens is 176 g/mol. The maximum absolute atomic E-state index is 11.3. The van der Waals surface area contributed by atoms with E-state index >= 15 is 0 Å². The Bertz CT molecular complexity index is 218. The van der Waals surface area contributed by atoms with Crippen LogP contribution in [0.15, 0.2) is 11.6 Å². The molecule has 0 N–H and O–H groups in total. The van der Waals surface area contributed by atoms with Crippen molar-refractivity contribution >= 4 is 5.97 Å². The van der Waals surface area contributed by atoms with Gasteiger partial charge in [-0.2, -0.15) is 0 Å². The lowest BCUT2D eigenvalue weighted by Crippen LogP contribution is -2.16. The number of rotatable bonds is 3. The van der Waals surface area contributed by atoms with Crippen LogP contribution >= 0.6 is 0 Å². The smallest absolute Gasteiger partial charge is 0.306 e. The summed E-state index contributed by atoms with van der Waals surface area (Å²) in [5.74, 6) is 0.409. The fourth-order valence-corrected chi connectivity index (χ4v) is 2.14. The van der Waals surface area contributed by atoms with Crippen molar-refractivity contribution in [3.63, 3.8) is 0 Å². The van der Waals surface area contributed by atoms with E-state index in [1.807, 2.05) is 6.92 Å². The minimum Gasteiger partial charge on any atom is -0.466 e. The van der Waals surface area contributed by atoms with Crippen molar-refractivity contribution in [3.05, 3.63) is 11.6 Å². The molecule has 0 saturated heterocycles. The van der Waals surface area contributed by atoms with E-state index in [0.29, 0.717) is 18.9 Å². The van der Waals surface area contributed by atoms with Crippen molar-refractivity contribution in [1.29, 1.82) is 0 Å². The minimum atomic E-state index is -0.0428. The van der Waals surface area contributed by atoms with Crippen molar-refractivity contribution in [2.45, 2.75) is 46.0 Å². The van der Waals surface area contributed by atoms with Crippen LogP contribution in [0.1, 0.15) is 46.0 Å². The summed E-state index contributed by atoms with van der Waals surface area (Å²) in [5.41, 5.74) is 1.45. The lowest BCUT2D eigenvalue weighted by Gasteiger charge is -2.24. The zero-order valence-corrected chi connectivity index (χ0v) is 9.21. The molecule has 14 heavy (non-hydrogen) atoms. The van der Waals surface area contributed by atoms with Crippen LogP contribution < -0.4 is 0 Å². The third-order valence-corrected chi connectivity index (χ3v) is 2.88. The summed E-state index contributed by atoms with van der Waals surface area (Å²) in [4.78, 5) is 11.3. The fourth-order valence-electron chi connectivity index (χ4n) is 2.14. The van der Waals surface area contributed by atoms with E-state index in [0.717, 1.165) is 6.42 Å². The molecule has 0 radical (unpaired) electrons. The van der Waals surface area contributed by atoms with Gasteiger partial charge in [-0.1, -0.05) is 18.1 Å². The number of carbonyl (C=O) groups excluding carboxylic acids is 1. The van der Waals surface area contributed by atoms with Gasteiger partial charge in [0.05, 0.1) is 13.0 Å². The first-order chi connectivity index (χ1) is 6.77. The first kappa shape index (κ1) is 11.3. The lowest BCUT2D eigenvalue weighted by atomic mass is 9.82. The number of esters is 1. The van der Waals surface area contributed by atoms with Crippen LogP contribution in [-0.4, -0.2) is 12.6 Å². The Kier molecular flexibility index (Phi) is 4.71. The fraction of sp³-hybridized carbons (Fsp3) is 0.750. The highest BCUT2D eigenvalue weighted by Crippen LogP contribution is 2.31. The topological polar surface area (TPSA) is 26.3 Å². The average molecular weight is 196 g/mol. The predicted molar refractivity (Wildman–Crippen MR) is 57.0 cm³/mol. The van der Waals surface area contributed by atoms with Crippen LogP contribution in [0.25, 0.3) is 0 Å². The van der Waals surface area contributed by atoms with Gasteiger partial charge in [0.2, 0.25) is 0 Å². The summed E-state index contributed by atoms with van der Waals surface area (Å²) >= 11 is 0. The molecule has 2 heteroatoms. The summed E-state index contributed by atoms with van der Waals surface area (Å²) in [6.07, 6.45) is 7.59. The van der Waals surface area contributed by atoms with Crippen molar-refractivity contribution in [2.24, 2.45) is 5.92 Å². The number of ether oxygens (including phenoxy) is 1. The third kappa shape index (κ3) is 3.17. The summed E-state index contributed by atoms with van der Waals surface area (Å²) in [6, 6.07) is 0. The van der Waals surface area contributed by atoms with Crippen molar-refractivity contribution in [1.82, 2.24) is 0 Å². The molecular formula is C12H20O2. The van der Waals surface area contributed by atoms with Gasteiger partial charge in [-0.15, -0.1) is 0 Å². The Morgan fingerprint density at radius 2 is 2.36 bits per heavy atom. The molecule has 0 aromatic heterocycles. The van der Waals surface area contributed by atoms with Crippen LogP contribution in [0.3, 0.4) is 0 Å². The third-order valence-electron chi connectivity index (χ3n) is 2.88. The molecule has 1 saturated carbocycles. The summed E-state index contributed by atoms with van der Waals surface area (Å²) in [7, 11) is 0. The average Bonchev–Trinajstić information content (AvgIpc) is 2.19. The zero-order chi connectivity index (χ0) is 10.4. The predicted octanol–water partition coefficient (Wildman–Crippen LogP) is 3.08. The van der Waals surface area contributed by atoms with Gasteiger partial charge in [0.15, 0.2) is 0 Å². The molecule has 0 aromatic carbocycles. The maximum atomic E-state index is 11.3. The molecule has 2 nitrogen and oxygen atoms in total. The highest BCUT2D eigenvalue weighted by Gasteiger charge is 2.21. The van der Waals surface area contributed by atoms with Crippen LogP contribution in [-0.2, 0) is 9.53 Å². The van der Waals surface area contributed by atoms with Crippen LogP contribution in [0, 0.1) is 5.92 Å². The largest absolute Gasteiger partial charge is 0.466 e. The van der Waals surface area contributed by atoms with Gasteiger partial charge in [-0.05, 0) is 39.0 Å².